The van der Waals surface area contributed by atoms with Gasteiger partial charge in [-0.1, -0.05) is 6.07 Å². The van der Waals surface area contributed by atoms with Crippen molar-refractivity contribution in [2.45, 2.75) is 32.9 Å². The van der Waals surface area contributed by atoms with Gasteiger partial charge < -0.3 is 19.3 Å². The summed E-state index contributed by atoms with van der Waals surface area (Å²) in [6, 6.07) is 2.96. The van der Waals surface area contributed by atoms with Crippen LogP contribution in [0.25, 0.3) is 0 Å². The molecule has 2 unspecified atom stereocenters. The number of nitrogens with one attached hydrogen (secondary N) is 1. The van der Waals surface area contributed by atoms with Gasteiger partial charge in [-0.25, -0.2) is 4.21 Å². The van der Waals surface area contributed by atoms with Crippen molar-refractivity contribution in [3.8, 4) is 11.5 Å². The molecule has 2 atom stereocenters. The Morgan fingerprint density at radius 2 is 2.00 bits per heavy atom. The number of hydrogen-bond acceptors (Lipinski definition) is 7. The highest BCUT2D eigenvalue weighted by atomic mass is 32.2. The maximum Gasteiger partial charge on any atom is 0.387 e. The van der Waals surface area contributed by atoms with E-state index in [1.165, 1.54) is 30.5 Å². The van der Waals surface area contributed by atoms with E-state index in [9.17, 15) is 31.9 Å². The third kappa shape index (κ3) is 5.37. The molecule has 2 aromatic rings. The molecule has 0 aliphatic carbocycles. The number of alkyl halides is 2. The van der Waals surface area contributed by atoms with Crippen molar-refractivity contribution < 1.29 is 41.4 Å². The van der Waals surface area contributed by atoms with Gasteiger partial charge in [0.1, 0.15) is 5.00 Å². The topological polar surface area (TPSA) is 122 Å². The fourth-order valence-electron chi connectivity index (χ4n) is 3.46. The zero-order valence-electron chi connectivity index (χ0n) is 17.5. The van der Waals surface area contributed by atoms with E-state index in [2.05, 4.69) is 10.1 Å². The summed E-state index contributed by atoms with van der Waals surface area (Å²) in [5, 5.41) is 4.19. The fourth-order valence-corrected chi connectivity index (χ4v) is 4.85. The Labute approximate surface area is 194 Å². The molecule has 1 aromatic carbocycles. The maximum atomic E-state index is 13.2. The van der Waals surface area contributed by atoms with Gasteiger partial charge in [0, 0.05) is 12.3 Å². The van der Waals surface area contributed by atoms with E-state index in [1.54, 1.807) is 6.92 Å². The monoisotopic (exact) mass is 502 g/mol. The van der Waals surface area contributed by atoms with E-state index in [0.717, 1.165) is 16.2 Å². The first-order chi connectivity index (χ1) is 15.6. The Hall–Kier alpha value is -2.90. The zero-order valence-corrected chi connectivity index (χ0v) is 19.1. The molecule has 1 aliphatic heterocycles. The summed E-state index contributed by atoms with van der Waals surface area (Å²) in [6.45, 7) is -0.0528. The lowest BCUT2D eigenvalue weighted by Crippen LogP contribution is -2.35. The van der Waals surface area contributed by atoms with Crippen molar-refractivity contribution >= 4 is 45.1 Å². The highest BCUT2D eigenvalue weighted by molar-refractivity contribution is 7.79. The van der Waals surface area contributed by atoms with Gasteiger partial charge in [-0.2, -0.15) is 8.78 Å². The smallest absolute Gasteiger partial charge is 0.387 e. The summed E-state index contributed by atoms with van der Waals surface area (Å²) < 4.78 is 55.9. The van der Waals surface area contributed by atoms with Crippen LogP contribution in [0, 0.1) is 0 Å². The first-order valence-corrected chi connectivity index (χ1v) is 11.9. The lowest BCUT2D eigenvalue weighted by molar-refractivity contribution is -0.114. The average Bonchev–Trinajstić information content (AvgIpc) is 3.24. The van der Waals surface area contributed by atoms with Crippen LogP contribution < -0.4 is 14.8 Å². The van der Waals surface area contributed by atoms with E-state index >= 15 is 0 Å². The van der Waals surface area contributed by atoms with Crippen molar-refractivity contribution in [2.75, 3.05) is 17.7 Å². The van der Waals surface area contributed by atoms with Gasteiger partial charge >= 0.3 is 6.61 Å². The van der Waals surface area contributed by atoms with E-state index in [1.807, 2.05) is 0 Å². The fraction of sp³-hybridized carbons (Fsp3) is 0.350. The van der Waals surface area contributed by atoms with Gasteiger partial charge in [0.2, 0.25) is 5.91 Å². The molecule has 2 heterocycles. The second-order valence-corrected chi connectivity index (χ2v) is 8.79. The molecule has 33 heavy (non-hydrogen) atoms. The highest BCUT2D eigenvalue weighted by Crippen LogP contribution is 2.41. The molecule has 178 valence electrons. The SMILES string of the molecule is CCOc1cc(C(CCS(=O)O)N2C(=O)c3csc(NC(C)=O)c3C2=O)ccc1OC(F)F. The van der Waals surface area contributed by atoms with Crippen LogP contribution in [0.3, 0.4) is 0 Å². The molecular formula is C20H20F2N2O7S2. The van der Waals surface area contributed by atoms with Gasteiger partial charge in [-0.15, -0.1) is 11.3 Å². The van der Waals surface area contributed by atoms with Crippen molar-refractivity contribution in [1.29, 1.82) is 0 Å². The number of anilines is 1. The first kappa shape index (κ1) is 24.7. The minimum Gasteiger partial charge on any atom is -0.490 e. The number of carbonyl (C=O) groups excluding carboxylic acids is 3. The molecule has 3 amide bonds. The summed E-state index contributed by atoms with van der Waals surface area (Å²) in [5.74, 6) is -2.25. The Morgan fingerprint density at radius 1 is 1.27 bits per heavy atom. The summed E-state index contributed by atoms with van der Waals surface area (Å²) in [5.41, 5.74) is 0.465. The van der Waals surface area contributed by atoms with E-state index in [4.69, 9.17) is 4.74 Å². The Bertz CT molecular complexity index is 1110. The van der Waals surface area contributed by atoms with Crippen LogP contribution in [0.5, 0.6) is 11.5 Å². The minimum atomic E-state index is -3.09. The van der Waals surface area contributed by atoms with Crippen LogP contribution in [0.1, 0.15) is 52.6 Å². The quantitative estimate of drug-likeness (QED) is 0.376. The lowest BCUT2D eigenvalue weighted by atomic mass is 10.0. The van der Waals surface area contributed by atoms with Gasteiger partial charge in [-0.05, 0) is 31.0 Å². The summed E-state index contributed by atoms with van der Waals surface area (Å²) in [4.78, 5) is 38.7. The van der Waals surface area contributed by atoms with Crippen LogP contribution in [-0.2, 0) is 15.9 Å². The van der Waals surface area contributed by atoms with Crippen molar-refractivity contribution in [3.05, 3.63) is 40.3 Å². The molecule has 3 rings (SSSR count). The van der Waals surface area contributed by atoms with Crippen molar-refractivity contribution in [3.63, 3.8) is 0 Å². The molecule has 0 fully saturated rings. The number of rotatable bonds is 10. The van der Waals surface area contributed by atoms with Gasteiger partial charge in [0.05, 0.1) is 29.5 Å². The molecule has 1 aliphatic rings. The molecule has 0 saturated heterocycles. The lowest BCUT2D eigenvalue weighted by Gasteiger charge is -2.27. The highest BCUT2D eigenvalue weighted by Gasteiger charge is 2.43. The van der Waals surface area contributed by atoms with Crippen LogP contribution in [0.2, 0.25) is 0 Å². The zero-order chi connectivity index (χ0) is 24.3. The number of nitrogens with zero attached hydrogens (tertiary/aromatic N) is 1. The Morgan fingerprint density at radius 3 is 2.61 bits per heavy atom. The number of carbonyl (C=O) groups is 3. The number of benzene rings is 1. The standard InChI is InChI=1S/C20H20F2N2O7S2/c1-3-30-15-8-11(4-5-14(15)31-20(21)22)13(6-7-33(28)29)24-18(26)12-9-32-17(23-10(2)25)16(12)19(24)27/h4-5,8-9,13,20H,3,6-7H2,1-2H3,(H,23,25)(H,28,29). The second kappa shape index (κ2) is 10.4. The largest absolute Gasteiger partial charge is 0.490 e. The molecule has 0 radical (unpaired) electrons. The number of amides is 3. The number of ether oxygens (including phenoxy) is 2. The van der Waals surface area contributed by atoms with E-state index in [0.29, 0.717) is 5.56 Å². The number of halogens is 2. The molecule has 9 nitrogen and oxygen atoms in total. The van der Waals surface area contributed by atoms with Crippen LogP contribution in [0.15, 0.2) is 23.6 Å². The van der Waals surface area contributed by atoms with E-state index < -0.39 is 41.5 Å². The van der Waals surface area contributed by atoms with Crippen molar-refractivity contribution in [2.24, 2.45) is 0 Å². The van der Waals surface area contributed by atoms with Gasteiger partial charge in [0.15, 0.2) is 22.6 Å². The summed E-state index contributed by atoms with van der Waals surface area (Å²) >= 11 is -1.18. The number of imide groups is 1. The summed E-state index contributed by atoms with van der Waals surface area (Å²) in [7, 11) is 0. The summed E-state index contributed by atoms with van der Waals surface area (Å²) in [6.07, 6.45) is -0.0790. The normalized spacial score (nSPS) is 14.9. The molecule has 0 saturated carbocycles. The third-order valence-electron chi connectivity index (χ3n) is 4.71. The first-order valence-electron chi connectivity index (χ1n) is 9.70. The number of thiophene rings is 1. The van der Waals surface area contributed by atoms with Gasteiger partial charge in [-0.3, -0.25) is 19.3 Å². The van der Waals surface area contributed by atoms with Gasteiger partial charge in [0.25, 0.3) is 11.8 Å². The number of hydrogen-bond donors (Lipinski definition) is 2. The van der Waals surface area contributed by atoms with Crippen LogP contribution in [0.4, 0.5) is 13.8 Å². The van der Waals surface area contributed by atoms with Crippen LogP contribution in [-0.4, -0.2) is 50.4 Å². The average molecular weight is 503 g/mol. The predicted molar refractivity (Wildman–Crippen MR) is 116 cm³/mol. The molecule has 0 spiro atoms. The molecular weight excluding hydrogens is 482 g/mol. The van der Waals surface area contributed by atoms with Crippen molar-refractivity contribution in [1.82, 2.24) is 4.90 Å². The van der Waals surface area contributed by atoms with E-state index in [-0.39, 0.29) is 46.4 Å². The molecule has 0 bridgehead atoms. The maximum absolute atomic E-state index is 13.2. The van der Waals surface area contributed by atoms with Crippen LogP contribution >= 0.6 is 11.3 Å². The predicted octanol–water partition coefficient (Wildman–Crippen LogP) is 3.66. The Kier molecular flexibility index (Phi) is 7.76. The molecule has 2 N–H and O–H groups in total. The Balaban J connectivity index is 2.03. The molecule has 1 aromatic heterocycles. The molecule has 13 heteroatoms. The third-order valence-corrected chi connectivity index (χ3v) is 6.19. The number of fused-ring (bicyclic) bond motifs is 1. The second-order valence-electron chi connectivity index (χ2n) is 6.86. The minimum absolute atomic E-state index is 0.0300.